The molecule has 0 aliphatic carbocycles. The second-order valence-electron chi connectivity index (χ2n) is 3.68. The first-order valence-corrected chi connectivity index (χ1v) is 6.81. The van der Waals surface area contributed by atoms with Gasteiger partial charge in [0.25, 0.3) is 5.09 Å². The molecule has 0 saturated carbocycles. The Morgan fingerprint density at radius 2 is 2.21 bits per heavy atom. The maximum atomic E-state index is 11.0. The molecule has 0 amide bonds. The third-order valence-corrected chi connectivity index (χ3v) is 3.01. The summed E-state index contributed by atoms with van der Waals surface area (Å²) in [5.74, 6) is 0.531. The number of hydrogen-bond donors (Lipinski definition) is 1. The van der Waals surface area contributed by atoms with Crippen molar-refractivity contribution in [2.45, 2.75) is 12.5 Å². The molecule has 1 N–H and O–H groups in total. The van der Waals surface area contributed by atoms with Gasteiger partial charge in [-0.1, -0.05) is 12.2 Å². The van der Waals surface area contributed by atoms with Crippen LogP contribution in [0, 0.1) is 0 Å². The topological polar surface area (TPSA) is 82.1 Å². The summed E-state index contributed by atoms with van der Waals surface area (Å²) in [6.07, 6.45) is 8.63. The van der Waals surface area contributed by atoms with Crippen molar-refractivity contribution in [1.29, 1.82) is 0 Å². The minimum absolute atomic E-state index is 0.163. The predicted molar refractivity (Wildman–Crippen MR) is 66.8 cm³/mol. The van der Waals surface area contributed by atoms with Crippen molar-refractivity contribution in [3.05, 3.63) is 60.0 Å². The zero-order chi connectivity index (χ0) is 13.9. The summed E-state index contributed by atoms with van der Waals surface area (Å²) in [6.45, 7) is 3.57. The average molecular weight is 284 g/mol. The molecule has 2 aliphatic rings. The first-order chi connectivity index (χ1) is 9.02. The lowest BCUT2D eigenvalue weighted by atomic mass is 10.2. The summed E-state index contributed by atoms with van der Waals surface area (Å²) in [7, 11) is -4.48. The predicted octanol–water partition coefficient (Wildman–Crippen LogP) is 1.98. The molecule has 2 rings (SSSR count). The molecule has 102 valence electrons. The van der Waals surface area contributed by atoms with Crippen LogP contribution in [-0.2, 0) is 24.3 Å². The molecule has 1 unspecified atom stereocenters. The van der Waals surface area contributed by atoms with Crippen molar-refractivity contribution in [3.8, 4) is 0 Å². The van der Waals surface area contributed by atoms with Gasteiger partial charge < -0.3 is 14.2 Å². The van der Waals surface area contributed by atoms with Crippen molar-refractivity contribution in [3.63, 3.8) is 0 Å². The average Bonchev–Trinajstić information content (AvgIpc) is 2.39. The lowest BCUT2D eigenvalue weighted by molar-refractivity contribution is 0.115. The van der Waals surface area contributed by atoms with Gasteiger partial charge in [-0.25, -0.2) is 0 Å². The fourth-order valence-corrected chi connectivity index (χ4v) is 1.88. The Bertz CT molecular complexity index is 594. The summed E-state index contributed by atoms with van der Waals surface area (Å²) in [5, 5.41) is -0.679. The van der Waals surface area contributed by atoms with E-state index in [-0.39, 0.29) is 5.76 Å². The third kappa shape index (κ3) is 3.07. The van der Waals surface area contributed by atoms with Gasteiger partial charge in [-0.3, -0.25) is 4.55 Å². The Labute approximate surface area is 110 Å². The lowest BCUT2D eigenvalue weighted by Gasteiger charge is -2.24. The highest BCUT2D eigenvalue weighted by molar-refractivity contribution is 7.89. The fourth-order valence-electron chi connectivity index (χ4n) is 1.51. The fraction of sp³-hybridized carbons (Fsp3) is 0.167. The summed E-state index contributed by atoms with van der Waals surface area (Å²) in [4.78, 5) is 0. The van der Waals surface area contributed by atoms with Gasteiger partial charge in [0.05, 0.1) is 6.26 Å². The highest BCUT2D eigenvalue weighted by Crippen LogP contribution is 2.29. The molecular formula is C12H12O6S. The highest BCUT2D eigenvalue weighted by Gasteiger charge is 2.30. The van der Waals surface area contributed by atoms with E-state index in [1.807, 2.05) is 0 Å². The standard InChI is InChI=1S/C12H12O6S/c1-2-5-9-12(10-6-3-4-7-16-10)18-11(8-17-9)19(13,14)15/h2-4,6-8,10H,1,5H2,(H,13,14,15). The minimum Gasteiger partial charge on any atom is -0.486 e. The minimum atomic E-state index is -4.48. The van der Waals surface area contributed by atoms with Crippen molar-refractivity contribution in [2.75, 3.05) is 0 Å². The lowest BCUT2D eigenvalue weighted by Crippen LogP contribution is -2.22. The van der Waals surface area contributed by atoms with E-state index in [1.165, 1.54) is 6.26 Å². The monoisotopic (exact) mass is 284 g/mol. The molecule has 0 spiro atoms. The molecule has 0 aromatic rings. The molecule has 0 aromatic heterocycles. The first kappa shape index (κ1) is 13.4. The zero-order valence-corrected chi connectivity index (χ0v) is 10.7. The van der Waals surface area contributed by atoms with Crippen LogP contribution >= 0.6 is 0 Å². The molecule has 2 heterocycles. The van der Waals surface area contributed by atoms with E-state index >= 15 is 0 Å². The first-order valence-electron chi connectivity index (χ1n) is 5.37. The molecule has 6 nitrogen and oxygen atoms in total. The maximum Gasteiger partial charge on any atom is 0.331 e. The number of ether oxygens (including phenoxy) is 3. The normalized spacial score (nSPS) is 22.2. The molecule has 0 saturated heterocycles. The van der Waals surface area contributed by atoms with Crippen molar-refractivity contribution in [1.82, 2.24) is 0 Å². The molecule has 0 aromatic carbocycles. The summed E-state index contributed by atoms with van der Waals surface area (Å²) >= 11 is 0. The molecule has 0 fully saturated rings. The van der Waals surface area contributed by atoms with Gasteiger partial charge in [0.1, 0.15) is 12.0 Å². The van der Waals surface area contributed by atoms with Crippen LogP contribution in [0.2, 0.25) is 0 Å². The van der Waals surface area contributed by atoms with Crippen LogP contribution in [0.3, 0.4) is 0 Å². The molecular weight excluding hydrogens is 272 g/mol. The SMILES string of the molecule is C=CCC1=C(C2C=CC=CO2)OC(S(=O)(=O)O)=CO1. The van der Waals surface area contributed by atoms with E-state index in [0.717, 1.165) is 6.26 Å². The van der Waals surface area contributed by atoms with E-state index in [2.05, 4.69) is 6.58 Å². The number of hydrogen-bond acceptors (Lipinski definition) is 5. The van der Waals surface area contributed by atoms with E-state index < -0.39 is 21.3 Å². The smallest absolute Gasteiger partial charge is 0.331 e. The Hall–Kier alpha value is -1.99. The van der Waals surface area contributed by atoms with Crippen LogP contribution in [-0.4, -0.2) is 19.1 Å². The second-order valence-corrected chi connectivity index (χ2v) is 5.03. The quantitative estimate of drug-likeness (QED) is 0.628. The van der Waals surface area contributed by atoms with Gasteiger partial charge in [-0.2, -0.15) is 8.42 Å². The van der Waals surface area contributed by atoms with Crippen LogP contribution in [0.4, 0.5) is 0 Å². The van der Waals surface area contributed by atoms with Gasteiger partial charge in [0.15, 0.2) is 11.9 Å². The van der Waals surface area contributed by atoms with Crippen LogP contribution in [0.1, 0.15) is 6.42 Å². The van der Waals surface area contributed by atoms with Crippen LogP contribution in [0.15, 0.2) is 60.0 Å². The van der Waals surface area contributed by atoms with E-state index in [0.29, 0.717) is 12.2 Å². The highest BCUT2D eigenvalue weighted by atomic mass is 32.2. The Morgan fingerprint density at radius 3 is 2.79 bits per heavy atom. The van der Waals surface area contributed by atoms with Gasteiger partial charge in [0.2, 0.25) is 0 Å². The molecule has 2 aliphatic heterocycles. The molecule has 7 heteroatoms. The van der Waals surface area contributed by atoms with E-state index in [9.17, 15) is 8.42 Å². The summed E-state index contributed by atoms with van der Waals surface area (Å²) in [5.41, 5.74) is 0. The summed E-state index contributed by atoms with van der Waals surface area (Å²) < 4.78 is 46.7. The Morgan fingerprint density at radius 1 is 1.42 bits per heavy atom. The largest absolute Gasteiger partial charge is 0.486 e. The zero-order valence-electron chi connectivity index (χ0n) is 9.85. The van der Waals surface area contributed by atoms with Crippen LogP contribution in [0.5, 0.6) is 0 Å². The van der Waals surface area contributed by atoms with Crippen molar-refractivity contribution < 1.29 is 27.2 Å². The van der Waals surface area contributed by atoms with Crippen LogP contribution < -0.4 is 0 Å². The molecule has 1 atom stereocenters. The Balaban J connectivity index is 2.30. The van der Waals surface area contributed by atoms with Crippen molar-refractivity contribution >= 4 is 10.1 Å². The molecule has 0 bridgehead atoms. The van der Waals surface area contributed by atoms with Crippen molar-refractivity contribution in [2.24, 2.45) is 0 Å². The van der Waals surface area contributed by atoms with Crippen LogP contribution in [0.25, 0.3) is 0 Å². The number of rotatable bonds is 4. The molecule has 19 heavy (non-hydrogen) atoms. The Kier molecular flexibility index (Phi) is 3.77. The molecule has 0 radical (unpaired) electrons. The van der Waals surface area contributed by atoms with E-state index in [1.54, 1.807) is 24.3 Å². The number of allylic oxidation sites excluding steroid dienone is 3. The van der Waals surface area contributed by atoms with E-state index in [4.69, 9.17) is 18.8 Å². The van der Waals surface area contributed by atoms with Gasteiger partial charge in [-0.05, 0) is 12.2 Å². The second kappa shape index (κ2) is 5.33. The van der Waals surface area contributed by atoms with Gasteiger partial charge >= 0.3 is 10.1 Å². The maximum absolute atomic E-state index is 11.0. The summed E-state index contributed by atoms with van der Waals surface area (Å²) in [6, 6.07) is 0. The van der Waals surface area contributed by atoms with Gasteiger partial charge in [0, 0.05) is 6.42 Å². The van der Waals surface area contributed by atoms with Gasteiger partial charge in [-0.15, -0.1) is 6.58 Å². The third-order valence-electron chi connectivity index (χ3n) is 2.33.